The van der Waals surface area contributed by atoms with Crippen molar-refractivity contribution in [2.45, 2.75) is 32.9 Å². The zero-order valence-corrected chi connectivity index (χ0v) is 13.1. The molecule has 0 radical (unpaired) electrons. The number of ether oxygens (including phenoxy) is 2. The van der Waals surface area contributed by atoms with E-state index in [1.54, 1.807) is 7.11 Å². The van der Waals surface area contributed by atoms with E-state index in [0.29, 0.717) is 17.9 Å². The van der Waals surface area contributed by atoms with Crippen molar-refractivity contribution in [1.29, 1.82) is 5.26 Å². The maximum absolute atomic E-state index is 8.97. The van der Waals surface area contributed by atoms with Crippen molar-refractivity contribution < 1.29 is 9.47 Å². The Hall–Kier alpha value is -1.25. The van der Waals surface area contributed by atoms with E-state index < -0.39 is 6.10 Å². The van der Waals surface area contributed by atoms with E-state index in [9.17, 15) is 0 Å². The molecule has 4 nitrogen and oxygen atoms in total. The topological polar surface area (TPSA) is 54.3 Å². The molecule has 0 aliphatic heterocycles. The van der Waals surface area contributed by atoms with Crippen LogP contribution in [0.1, 0.15) is 25.8 Å². The summed E-state index contributed by atoms with van der Waals surface area (Å²) in [5.41, 5.74) is 1.10. The third kappa shape index (κ3) is 4.41. The first-order valence-electron chi connectivity index (χ1n) is 6.29. The minimum Gasteiger partial charge on any atom is -0.493 e. The highest BCUT2D eigenvalue weighted by Gasteiger charge is 2.15. The number of nitrogens with zero attached hydrogens (tertiary/aromatic N) is 1. The van der Waals surface area contributed by atoms with Crippen molar-refractivity contribution in [3.63, 3.8) is 0 Å². The number of benzene rings is 1. The summed E-state index contributed by atoms with van der Waals surface area (Å²) in [6.07, 6.45) is 0.162. The molecule has 0 bridgehead atoms. The van der Waals surface area contributed by atoms with Crippen molar-refractivity contribution in [2.24, 2.45) is 0 Å². The third-order valence-electron chi connectivity index (χ3n) is 2.64. The molecule has 0 heterocycles. The molecular formula is C14H19BrN2O2. The number of rotatable bonds is 7. The second-order valence-corrected chi connectivity index (χ2v) is 4.89. The van der Waals surface area contributed by atoms with E-state index in [4.69, 9.17) is 14.7 Å². The molecule has 0 spiro atoms. The monoisotopic (exact) mass is 326 g/mol. The van der Waals surface area contributed by atoms with Gasteiger partial charge in [0.25, 0.3) is 0 Å². The Kier molecular flexibility index (Phi) is 6.68. The molecule has 0 aliphatic carbocycles. The maximum atomic E-state index is 8.97. The van der Waals surface area contributed by atoms with Gasteiger partial charge in [-0.2, -0.15) is 5.26 Å². The normalized spacial score (nSPS) is 11.7. The molecule has 0 aliphatic rings. The van der Waals surface area contributed by atoms with Gasteiger partial charge in [0.15, 0.2) is 17.6 Å². The van der Waals surface area contributed by atoms with Gasteiger partial charge in [-0.3, -0.25) is 0 Å². The third-order valence-corrected chi connectivity index (χ3v) is 3.23. The second-order valence-electron chi connectivity index (χ2n) is 4.03. The minimum absolute atomic E-state index is 0.468. The highest BCUT2D eigenvalue weighted by molar-refractivity contribution is 9.10. The molecule has 1 N–H and O–H groups in total. The molecule has 1 aromatic carbocycles. The fourth-order valence-corrected chi connectivity index (χ4v) is 2.19. The summed E-state index contributed by atoms with van der Waals surface area (Å²) < 4.78 is 11.8. The van der Waals surface area contributed by atoms with Gasteiger partial charge in [-0.05, 0) is 46.6 Å². The Morgan fingerprint density at radius 2 is 2.16 bits per heavy atom. The van der Waals surface area contributed by atoms with Crippen molar-refractivity contribution in [2.75, 3.05) is 13.7 Å². The molecule has 0 aromatic heterocycles. The van der Waals surface area contributed by atoms with Crippen LogP contribution < -0.4 is 14.8 Å². The number of nitriles is 1. The van der Waals surface area contributed by atoms with Crippen molar-refractivity contribution in [3.05, 3.63) is 22.2 Å². The Bertz CT molecular complexity index is 457. The predicted octanol–water partition coefficient (Wildman–Crippen LogP) is 3.25. The van der Waals surface area contributed by atoms with Gasteiger partial charge < -0.3 is 14.8 Å². The molecule has 104 valence electrons. The van der Waals surface area contributed by atoms with E-state index in [-0.39, 0.29) is 0 Å². The summed E-state index contributed by atoms with van der Waals surface area (Å²) in [7, 11) is 1.60. The zero-order valence-electron chi connectivity index (χ0n) is 11.5. The van der Waals surface area contributed by atoms with Crippen LogP contribution in [0.2, 0.25) is 0 Å². The smallest absolute Gasteiger partial charge is 0.184 e. The van der Waals surface area contributed by atoms with Crippen molar-refractivity contribution in [3.8, 4) is 17.6 Å². The average Bonchev–Trinajstić information content (AvgIpc) is 2.43. The Labute approximate surface area is 122 Å². The van der Waals surface area contributed by atoms with Crippen LogP contribution in [-0.2, 0) is 6.54 Å². The summed E-state index contributed by atoms with van der Waals surface area (Å²) in [6.45, 7) is 5.64. The van der Waals surface area contributed by atoms with Crippen LogP contribution in [0.4, 0.5) is 0 Å². The predicted molar refractivity (Wildman–Crippen MR) is 78.4 cm³/mol. The van der Waals surface area contributed by atoms with Crippen LogP contribution in [0, 0.1) is 11.3 Å². The first-order valence-corrected chi connectivity index (χ1v) is 7.08. The largest absolute Gasteiger partial charge is 0.493 e. The van der Waals surface area contributed by atoms with Gasteiger partial charge in [-0.15, -0.1) is 0 Å². The maximum Gasteiger partial charge on any atom is 0.184 e. The summed E-state index contributed by atoms with van der Waals surface area (Å²) in [6, 6.07) is 6.02. The first kappa shape index (κ1) is 15.8. The standard InChI is InChI=1S/C14H19BrN2O2/c1-4-11(8-16)19-14-12(15)6-10(9-17-5-2)7-13(14)18-3/h6-7,11,17H,4-5,9H2,1-3H3. The fourth-order valence-electron chi connectivity index (χ4n) is 1.60. The lowest BCUT2D eigenvalue weighted by Crippen LogP contribution is -2.14. The number of methoxy groups -OCH3 is 1. The minimum atomic E-state index is -0.468. The number of nitrogens with one attached hydrogen (secondary N) is 1. The molecule has 0 saturated carbocycles. The summed E-state index contributed by atoms with van der Waals surface area (Å²) in [5.74, 6) is 1.21. The van der Waals surface area contributed by atoms with Crippen LogP contribution in [-0.4, -0.2) is 19.8 Å². The van der Waals surface area contributed by atoms with E-state index >= 15 is 0 Å². The first-order chi connectivity index (χ1) is 9.15. The van der Waals surface area contributed by atoms with Crippen molar-refractivity contribution >= 4 is 15.9 Å². The quantitative estimate of drug-likeness (QED) is 0.835. The van der Waals surface area contributed by atoms with Gasteiger partial charge in [0.2, 0.25) is 0 Å². The van der Waals surface area contributed by atoms with E-state index in [1.165, 1.54) is 0 Å². The van der Waals surface area contributed by atoms with E-state index in [2.05, 4.69) is 34.2 Å². The van der Waals surface area contributed by atoms with E-state index in [0.717, 1.165) is 23.1 Å². The molecule has 1 aromatic rings. The van der Waals surface area contributed by atoms with Crippen molar-refractivity contribution in [1.82, 2.24) is 5.32 Å². The van der Waals surface area contributed by atoms with Gasteiger partial charge in [0.05, 0.1) is 11.6 Å². The molecule has 0 amide bonds. The molecule has 19 heavy (non-hydrogen) atoms. The average molecular weight is 327 g/mol. The van der Waals surface area contributed by atoms with Gasteiger partial charge in [-0.1, -0.05) is 13.8 Å². The van der Waals surface area contributed by atoms with Gasteiger partial charge in [-0.25, -0.2) is 0 Å². The van der Waals surface area contributed by atoms with Gasteiger partial charge in [0.1, 0.15) is 6.07 Å². The number of halogens is 1. The van der Waals surface area contributed by atoms with Crippen LogP contribution in [0.15, 0.2) is 16.6 Å². The van der Waals surface area contributed by atoms with Crippen LogP contribution in [0.25, 0.3) is 0 Å². The Morgan fingerprint density at radius 1 is 1.42 bits per heavy atom. The molecule has 1 rings (SSSR count). The molecule has 1 unspecified atom stereocenters. The molecule has 0 fully saturated rings. The summed E-state index contributed by atoms with van der Waals surface area (Å²) in [4.78, 5) is 0. The van der Waals surface area contributed by atoms with Crippen LogP contribution in [0.3, 0.4) is 0 Å². The highest BCUT2D eigenvalue weighted by Crippen LogP contribution is 2.37. The number of hydrogen-bond donors (Lipinski definition) is 1. The Balaban J connectivity index is 3.01. The molecule has 0 saturated heterocycles. The Morgan fingerprint density at radius 3 is 2.68 bits per heavy atom. The summed E-state index contributed by atoms with van der Waals surface area (Å²) >= 11 is 3.48. The lowest BCUT2D eigenvalue weighted by atomic mass is 10.2. The molecule has 1 atom stereocenters. The van der Waals surface area contributed by atoms with E-state index in [1.807, 2.05) is 19.1 Å². The SMILES string of the molecule is CCNCc1cc(Br)c(OC(C#N)CC)c(OC)c1. The highest BCUT2D eigenvalue weighted by atomic mass is 79.9. The second kappa shape index (κ2) is 8.03. The lowest BCUT2D eigenvalue weighted by Gasteiger charge is -2.16. The van der Waals surface area contributed by atoms with Crippen LogP contribution in [0.5, 0.6) is 11.5 Å². The fraction of sp³-hybridized carbons (Fsp3) is 0.500. The molecular weight excluding hydrogens is 308 g/mol. The summed E-state index contributed by atoms with van der Waals surface area (Å²) in [5, 5.41) is 12.2. The molecule has 5 heteroatoms. The zero-order chi connectivity index (χ0) is 14.3. The van der Waals surface area contributed by atoms with Gasteiger partial charge >= 0.3 is 0 Å². The number of hydrogen-bond acceptors (Lipinski definition) is 4. The lowest BCUT2D eigenvalue weighted by molar-refractivity contribution is 0.237. The van der Waals surface area contributed by atoms with Crippen LogP contribution >= 0.6 is 15.9 Å². The van der Waals surface area contributed by atoms with Gasteiger partial charge in [0, 0.05) is 6.54 Å².